The molecule has 0 radical (unpaired) electrons. The second-order valence-corrected chi connectivity index (χ2v) is 3.70. The van der Waals surface area contributed by atoms with E-state index in [1.807, 2.05) is 19.1 Å². The SMILES string of the molecule is CC(CCc1ccco1)NC(=O)/C=C/C(=O)O. The number of amides is 1. The summed E-state index contributed by atoms with van der Waals surface area (Å²) in [6.07, 6.45) is 4.89. The predicted molar refractivity (Wildman–Crippen MR) is 61.4 cm³/mol. The van der Waals surface area contributed by atoms with Gasteiger partial charge in [0.1, 0.15) is 5.76 Å². The van der Waals surface area contributed by atoms with E-state index in [4.69, 9.17) is 9.52 Å². The molecule has 1 aromatic heterocycles. The van der Waals surface area contributed by atoms with Crippen LogP contribution < -0.4 is 5.32 Å². The van der Waals surface area contributed by atoms with Gasteiger partial charge in [-0.15, -0.1) is 0 Å². The summed E-state index contributed by atoms with van der Waals surface area (Å²) in [4.78, 5) is 21.4. The Labute approximate surface area is 99.1 Å². The minimum Gasteiger partial charge on any atom is -0.478 e. The molecular formula is C12H15NO4. The zero-order chi connectivity index (χ0) is 12.7. The van der Waals surface area contributed by atoms with Gasteiger partial charge in [0.05, 0.1) is 6.26 Å². The van der Waals surface area contributed by atoms with E-state index in [1.54, 1.807) is 6.26 Å². The van der Waals surface area contributed by atoms with Crippen molar-refractivity contribution >= 4 is 11.9 Å². The lowest BCUT2D eigenvalue weighted by atomic mass is 10.1. The summed E-state index contributed by atoms with van der Waals surface area (Å²) in [7, 11) is 0. The van der Waals surface area contributed by atoms with E-state index in [1.165, 1.54) is 0 Å². The molecule has 0 aliphatic heterocycles. The largest absolute Gasteiger partial charge is 0.478 e. The molecule has 1 heterocycles. The van der Waals surface area contributed by atoms with E-state index >= 15 is 0 Å². The Bertz CT molecular complexity index is 395. The number of hydrogen-bond donors (Lipinski definition) is 2. The van der Waals surface area contributed by atoms with Crippen LogP contribution in [0.15, 0.2) is 35.0 Å². The third kappa shape index (κ3) is 5.55. The van der Waals surface area contributed by atoms with Gasteiger partial charge in [-0.1, -0.05) is 0 Å². The van der Waals surface area contributed by atoms with Crippen LogP contribution in [0.5, 0.6) is 0 Å². The van der Waals surface area contributed by atoms with Crippen molar-refractivity contribution < 1.29 is 19.1 Å². The Morgan fingerprint density at radius 1 is 1.53 bits per heavy atom. The highest BCUT2D eigenvalue weighted by molar-refractivity contribution is 5.93. The van der Waals surface area contributed by atoms with Gasteiger partial charge in [-0.2, -0.15) is 0 Å². The van der Waals surface area contributed by atoms with Crippen LogP contribution in [-0.4, -0.2) is 23.0 Å². The maximum Gasteiger partial charge on any atom is 0.328 e. The Morgan fingerprint density at radius 2 is 2.29 bits per heavy atom. The summed E-state index contributed by atoms with van der Waals surface area (Å²) in [6.45, 7) is 1.86. The third-order valence-electron chi connectivity index (χ3n) is 2.17. The van der Waals surface area contributed by atoms with Crippen molar-refractivity contribution in [3.05, 3.63) is 36.3 Å². The van der Waals surface area contributed by atoms with Gasteiger partial charge >= 0.3 is 5.97 Å². The molecule has 1 atom stereocenters. The molecule has 1 unspecified atom stereocenters. The Balaban J connectivity index is 2.27. The topological polar surface area (TPSA) is 79.5 Å². The summed E-state index contributed by atoms with van der Waals surface area (Å²) in [6, 6.07) is 3.65. The fourth-order valence-electron chi connectivity index (χ4n) is 1.32. The van der Waals surface area contributed by atoms with Gasteiger partial charge in [0, 0.05) is 24.6 Å². The van der Waals surface area contributed by atoms with Crippen molar-refractivity contribution in [2.75, 3.05) is 0 Å². The smallest absolute Gasteiger partial charge is 0.328 e. The fourth-order valence-corrected chi connectivity index (χ4v) is 1.32. The molecular weight excluding hydrogens is 222 g/mol. The van der Waals surface area contributed by atoms with Crippen molar-refractivity contribution in [1.82, 2.24) is 5.32 Å². The number of carboxylic acids is 1. The summed E-state index contributed by atoms with van der Waals surface area (Å²) in [5.74, 6) is -0.671. The Morgan fingerprint density at radius 3 is 2.88 bits per heavy atom. The number of aliphatic carboxylic acids is 1. The minimum atomic E-state index is -1.14. The molecule has 0 saturated heterocycles. The molecule has 0 aliphatic rings. The molecule has 1 rings (SSSR count). The Kier molecular flexibility index (Phi) is 5.00. The molecule has 2 N–H and O–H groups in total. The van der Waals surface area contributed by atoms with Crippen LogP contribution in [0.1, 0.15) is 19.1 Å². The average Bonchev–Trinajstić information content (AvgIpc) is 2.76. The van der Waals surface area contributed by atoms with Gasteiger partial charge in [-0.3, -0.25) is 4.79 Å². The van der Waals surface area contributed by atoms with Crippen LogP contribution in [0, 0.1) is 0 Å². The van der Waals surface area contributed by atoms with Crippen LogP contribution in [0.25, 0.3) is 0 Å². The molecule has 0 spiro atoms. The molecule has 5 nitrogen and oxygen atoms in total. The fraction of sp³-hybridized carbons (Fsp3) is 0.333. The highest BCUT2D eigenvalue weighted by Gasteiger charge is 2.06. The molecule has 0 saturated carbocycles. The highest BCUT2D eigenvalue weighted by atomic mass is 16.4. The lowest BCUT2D eigenvalue weighted by molar-refractivity contribution is -0.131. The molecule has 0 aromatic carbocycles. The number of hydrogen-bond acceptors (Lipinski definition) is 3. The number of nitrogens with one attached hydrogen (secondary N) is 1. The van der Waals surface area contributed by atoms with Crippen molar-refractivity contribution in [2.45, 2.75) is 25.8 Å². The lowest BCUT2D eigenvalue weighted by Gasteiger charge is -2.10. The monoisotopic (exact) mass is 237 g/mol. The molecule has 1 aromatic rings. The number of carboxylic acid groups (broad SMARTS) is 1. The van der Waals surface area contributed by atoms with E-state index in [-0.39, 0.29) is 6.04 Å². The number of carbonyl (C=O) groups excluding carboxylic acids is 1. The zero-order valence-corrected chi connectivity index (χ0v) is 9.55. The maximum absolute atomic E-state index is 11.2. The Hall–Kier alpha value is -2.04. The summed E-state index contributed by atoms with van der Waals surface area (Å²) >= 11 is 0. The minimum absolute atomic E-state index is 0.0361. The first-order valence-corrected chi connectivity index (χ1v) is 5.32. The molecule has 1 amide bonds. The van der Waals surface area contributed by atoms with E-state index < -0.39 is 11.9 Å². The van der Waals surface area contributed by atoms with Gasteiger partial charge in [0.15, 0.2) is 0 Å². The number of furan rings is 1. The standard InChI is InChI=1S/C12H15NO4/c1-9(4-5-10-3-2-8-17-10)13-11(14)6-7-12(15)16/h2-3,6-9H,4-5H2,1H3,(H,13,14)(H,15,16)/b7-6+. The van der Waals surface area contributed by atoms with Crippen LogP contribution in [0.4, 0.5) is 0 Å². The number of rotatable bonds is 6. The van der Waals surface area contributed by atoms with Crippen LogP contribution in [0.2, 0.25) is 0 Å². The normalized spacial score (nSPS) is 12.5. The predicted octanol–water partition coefficient (Wildman–Crippen LogP) is 1.36. The van der Waals surface area contributed by atoms with Crippen molar-refractivity contribution in [1.29, 1.82) is 0 Å². The first-order chi connectivity index (χ1) is 8.08. The van der Waals surface area contributed by atoms with Crippen LogP contribution in [0.3, 0.4) is 0 Å². The first kappa shape index (κ1) is 13.0. The summed E-state index contributed by atoms with van der Waals surface area (Å²) in [5, 5.41) is 11.0. The number of carbonyl (C=O) groups is 2. The molecule has 0 aliphatic carbocycles. The van der Waals surface area contributed by atoms with Gasteiger partial charge in [-0.25, -0.2) is 4.79 Å². The third-order valence-corrected chi connectivity index (χ3v) is 2.17. The zero-order valence-electron chi connectivity index (χ0n) is 9.55. The number of aryl methyl sites for hydroxylation is 1. The average molecular weight is 237 g/mol. The highest BCUT2D eigenvalue weighted by Crippen LogP contribution is 2.05. The molecule has 17 heavy (non-hydrogen) atoms. The summed E-state index contributed by atoms with van der Waals surface area (Å²) < 4.78 is 5.16. The van der Waals surface area contributed by atoms with Gasteiger partial charge < -0.3 is 14.8 Å². The van der Waals surface area contributed by atoms with Crippen molar-refractivity contribution in [3.63, 3.8) is 0 Å². The second kappa shape index (κ2) is 6.52. The van der Waals surface area contributed by atoms with Crippen molar-refractivity contribution in [2.24, 2.45) is 0 Å². The van der Waals surface area contributed by atoms with Crippen LogP contribution in [-0.2, 0) is 16.0 Å². The van der Waals surface area contributed by atoms with Crippen LogP contribution >= 0.6 is 0 Å². The second-order valence-electron chi connectivity index (χ2n) is 3.70. The van der Waals surface area contributed by atoms with Gasteiger partial charge in [-0.05, 0) is 25.5 Å². The van der Waals surface area contributed by atoms with Gasteiger partial charge in [0.2, 0.25) is 5.91 Å². The van der Waals surface area contributed by atoms with E-state index in [2.05, 4.69) is 5.32 Å². The van der Waals surface area contributed by atoms with Gasteiger partial charge in [0.25, 0.3) is 0 Å². The van der Waals surface area contributed by atoms with E-state index in [0.717, 1.165) is 30.8 Å². The van der Waals surface area contributed by atoms with E-state index in [0.29, 0.717) is 0 Å². The molecule has 0 fully saturated rings. The quantitative estimate of drug-likeness (QED) is 0.732. The van der Waals surface area contributed by atoms with E-state index in [9.17, 15) is 9.59 Å². The molecule has 92 valence electrons. The molecule has 5 heteroatoms. The molecule has 0 bridgehead atoms. The van der Waals surface area contributed by atoms with Crippen molar-refractivity contribution in [3.8, 4) is 0 Å². The first-order valence-electron chi connectivity index (χ1n) is 5.32. The lowest BCUT2D eigenvalue weighted by Crippen LogP contribution is -2.31. The maximum atomic E-state index is 11.2. The summed E-state index contributed by atoms with van der Waals surface area (Å²) in [5.41, 5.74) is 0.